The van der Waals surface area contributed by atoms with Gasteiger partial charge in [0, 0.05) is 4.43 Å². The molecule has 0 aromatic heterocycles. The van der Waals surface area contributed by atoms with Crippen LogP contribution < -0.4 is 0 Å². The minimum Gasteiger partial charge on any atom is -0.369 e. The first-order valence-electron chi connectivity index (χ1n) is 7.28. The monoisotopic (exact) mass is 372 g/mol. The van der Waals surface area contributed by atoms with E-state index in [2.05, 4.69) is 67.6 Å². The zero-order valence-corrected chi connectivity index (χ0v) is 14.4. The van der Waals surface area contributed by atoms with Gasteiger partial charge in [-0.05, 0) is 43.6 Å². The van der Waals surface area contributed by atoms with Crippen molar-refractivity contribution in [3.63, 3.8) is 0 Å². The molecule has 1 atom stereocenters. The van der Waals surface area contributed by atoms with Gasteiger partial charge in [0.15, 0.2) is 0 Å². The van der Waals surface area contributed by atoms with Crippen molar-refractivity contribution in [2.75, 3.05) is 4.43 Å². The van der Waals surface area contributed by atoms with Gasteiger partial charge in [-0.1, -0.05) is 66.3 Å². The molecule has 2 heteroatoms. The Labute approximate surface area is 131 Å². The second kappa shape index (κ2) is 6.57. The van der Waals surface area contributed by atoms with E-state index in [4.69, 9.17) is 4.74 Å². The van der Waals surface area contributed by atoms with Crippen LogP contribution in [-0.4, -0.2) is 10.5 Å². The summed E-state index contributed by atoms with van der Waals surface area (Å²) in [4.78, 5) is 0. The van der Waals surface area contributed by atoms with Gasteiger partial charge in [-0.25, -0.2) is 0 Å². The molecule has 0 radical (unpaired) electrons. The lowest BCUT2D eigenvalue weighted by Crippen LogP contribution is -2.28. The normalized spacial score (nSPS) is 21.3. The van der Waals surface area contributed by atoms with Crippen molar-refractivity contribution in [1.82, 2.24) is 0 Å². The third-order valence-electron chi connectivity index (χ3n) is 4.23. The van der Waals surface area contributed by atoms with Crippen LogP contribution in [0.2, 0.25) is 0 Å². The zero-order chi connectivity index (χ0) is 13.9. The van der Waals surface area contributed by atoms with E-state index in [1.165, 1.54) is 36.8 Å². The van der Waals surface area contributed by atoms with Crippen molar-refractivity contribution >= 4 is 22.6 Å². The standard InChI is InChI=1S/C17H25IO/c1-13-4-6-14(7-5-13)16(12-18)19-15-8-10-17(2,3)11-9-15/h4-7,15-16H,8-12H2,1-3H3. The summed E-state index contributed by atoms with van der Waals surface area (Å²) in [5, 5.41) is 0. The van der Waals surface area contributed by atoms with Crippen LogP contribution in [0, 0.1) is 12.3 Å². The predicted octanol–water partition coefficient (Wildman–Crippen LogP) is 5.46. The number of halogens is 1. The SMILES string of the molecule is Cc1ccc(C(CI)OC2CCC(C)(C)CC2)cc1. The first kappa shape index (κ1) is 15.3. The summed E-state index contributed by atoms with van der Waals surface area (Å²) in [5.74, 6) is 0. The van der Waals surface area contributed by atoms with E-state index < -0.39 is 0 Å². The molecule has 1 saturated carbocycles. The van der Waals surface area contributed by atoms with Crippen LogP contribution >= 0.6 is 22.6 Å². The lowest BCUT2D eigenvalue weighted by Gasteiger charge is -2.35. The fourth-order valence-electron chi connectivity index (χ4n) is 2.73. The average molecular weight is 372 g/mol. The third-order valence-corrected chi connectivity index (χ3v) is 5.03. The highest BCUT2D eigenvalue weighted by atomic mass is 127. The number of benzene rings is 1. The molecule has 1 fully saturated rings. The van der Waals surface area contributed by atoms with Crippen LogP contribution in [0.15, 0.2) is 24.3 Å². The van der Waals surface area contributed by atoms with E-state index in [0.29, 0.717) is 11.5 Å². The van der Waals surface area contributed by atoms with Gasteiger partial charge in [0.2, 0.25) is 0 Å². The molecule has 106 valence electrons. The average Bonchev–Trinajstić information content (AvgIpc) is 2.39. The maximum absolute atomic E-state index is 6.35. The van der Waals surface area contributed by atoms with Crippen LogP contribution in [0.3, 0.4) is 0 Å². The van der Waals surface area contributed by atoms with Crippen molar-refractivity contribution in [2.45, 2.75) is 58.7 Å². The van der Waals surface area contributed by atoms with Crippen LogP contribution in [0.1, 0.15) is 56.8 Å². The predicted molar refractivity (Wildman–Crippen MR) is 89.9 cm³/mol. The lowest BCUT2D eigenvalue weighted by molar-refractivity contribution is -0.0357. The molecule has 0 N–H and O–H groups in total. The largest absolute Gasteiger partial charge is 0.369 e. The van der Waals surface area contributed by atoms with E-state index in [1.54, 1.807) is 0 Å². The quantitative estimate of drug-likeness (QED) is 0.504. The van der Waals surface area contributed by atoms with E-state index in [-0.39, 0.29) is 6.10 Å². The number of ether oxygens (including phenoxy) is 1. The summed E-state index contributed by atoms with van der Waals surface area (Å²) in [6.45, 7) is 6.88. The van der Waals surface area contributed by atoms with Crippen molar-refractivity contribution < 1.29 is 4.74 Å². The van der Waals surface area contributed by atoms with Crippen molar-refractivity contribution in [2.24, 2.45) is 5.41 Å². The molecule has 0 spiro atoms. The number of hydrogen-bond acceptors (Lipinski definition) is 1. The first-order chi connectivity index (χ1) is 9.00. The number of alkyl halides is 1. The van der Waals surface area contributed by atoms with Crippen LogP contribution in [0.5, 0.6) is 0 Å². The Morgan fingerprint density at radius 3 is 2.32 bits per heavy atom. The lowest BCUT2D eigenvalue weighted by atomic mass is 9.76. The fourth-order valence-corrected chi connectivity index (χ4v) is 3.44. The molecule has 1 nitrogen and oxygen atoms in total. The first-order valence-corrected chi connectivity index (χ1v) is 8.81. The van der Waals surface area contributed by atoms with Crippen molar-refractivity contribution in [3.05, 3.63) is 35.4 Å². The molecule has 0 amide bonds. The Bertz CT molecular complexity index is 386. The molecule has 0 bridgehead atoms. The van der Waals surface area contributed by atoms with Gasteiger partial charge in [0.25, 0.3) is 0 Å². The number of aryl methyl sites for hydroxylation is 1. The third kappa shape index (κ3) is 4.45. The van der Waals surface area contributed by atoms with Gasteiger partial charge in [-0.3, -0.25) is 0 Å². The Morgan fingerprint density at radius 2 is 1.79 bits per heavy atom. The summed E-state index contributed by atoms with van der Waals surface area (Å²) >= 11 is 2.44. The second-order valence-electron chi connectivity index (χ2n) is 6.55. The zero-order valence-electron chi connectivity index (χ0n) is 12.3. The van der Waals surface area contributed by atoms with Gasteiger partial charge in [-0.15, -0.1) is 0 Å². The molecule has 0 saturated heterocycles. The summed E-state index contributed by atoms with van der Waals surface area (Å²) in [6.07, 6.45) is 5.72. The highest BCUT2D eigenvalue weighted by Crippen LogP contribution is 2.38. The molecule has 0 heterocycles. The molecule has 0 aliphatic heterocycles. The highest BCUT2D eigenvalue weighted by Gasteiger charge is 2.28. The topological polar surface area (TPSA) is 9.23 Å². The molecular formula is C17H25IO. The van der Waals surface area contributed by atoms with Gasteiger partial charge < -0.3 is 4.74 Å². The minimum atomic E-state index is 0.257. The van der Waals surface area contributed by atoms with Crippen LogP contribution in [-0.2, 0) is 4.74 Å². The van der Waals surface area contributed by atoms with Crippen LogP contribution in [0.4, 0.5) is 0 Å². The smallest absolute Gasteiger partial charge is 0.0918 e. The van der Waals surface area contributed by atoms with Crippen LogP contribution in [0.25, 0.3) is 0 Å². The summed E-state index contributed by atoms with van der Waals surface area (Å²) in [5.41, 5.74) is 3.16. The maximum atomic E-state index is 6.35. The minimum absolute atomic E-state index is 0.257. The Morgan fingerprint density at radius 1 is 1.21 bits per heavy atom. The van der Waals surface area contributed by atoms with E-state index in [0.717, 1.165) is 4.43 Å². The van der Waals surface area contributed by atoms with Gasteiger partial charge in [0.1, 0.15) is 0 Å². The second-order valence-corrected chi connectivity index (χ2v) is 7.43. The molecule has 2 rings (SSSR count). The Kier molecular flexibility index (Phi) is 5.29. The molecule has 1 aliphatic carbocycles. The van der Waals surface area contributed by atoms with Crippen molar-refractivity contribution in [1.29, 1.82) is 0 Å². The van der Waals surface area contributed by atoms with Gasteiger partial charge in [0.05, 0.1) is 12.2 Å². The highest BCUT2D eigenvalue weighted by molar-refractivity contribution is 14.1. The molecular weight excluding hydrogens is 347 g/mol. The number of hydrogen-bond donors (Lipinski definition) is 0. The summed E-state index contributed by atoms with van der Waals surface area (Å²) < 4.78 is 7.38. The van der Waals surface area contributed by atoms with E-state index in [9.17, 15) is 0 Å². The molecule has 1 aliphatic rings. The summed E-state index contributed by atoms with van der Waals surface area (Å²) in [7, 11) is 0. The van der Waals surface area contributed by atoms with E-state index in [1.807, 2.05) is 0 Å². The number of rotatable bonds is 4. The van der Waals surface area contributed by atoms with E-state index >= 15 is 0 Å². The Balaban J connectivity index is 1.94. The molecule has 1 aromatic carbocycles. The maximum Gasteiger partial charge on any atom is 0.0918 e. The summed E-state index contributed by atoms with van der Waals surface area (Å²) in [6, 6.07) is 8.79. The molecule has 19 heavy (non-hydrogen) atoms. The Hall–Kier alpha value is -0.0900. The van der Waals surface area contributed by atoms with Gasteiger partial charge >= 0.3 is 0 Å². The van der Waals surface area contributed by atoms with Crippen molar-refractivity contribution in [3.8, 4) is 0 Å². The molecule has 1 aromatic rings. The molecule has 1 unspecified atom stereocenters. The fraction of sp³-hybridized carbons (Fsp3) is 0.647. The van der Waals surface area contributed by atoms with Gasteiger partial charge in [-0.2, -0.15) is 0 Å².